The molecule has 1 rings (SSSR count). The van der Waals surface area contributed by atoms with E-state index in [2.05, 4.69) is 11.7 Å². The summed E-state index contributed by atoms with van der Waals surface area (Å²) in [6, 6.07) is 7.12. The van der Waals surface area contributed by atoms with Crippen molar-refractivity contribution in [3.8, 4) is 0 Å². The average molecular weight is 196 g/mol. The summed E-state index contributed by atoms with van der Waals surface area (Å²) in [7, 11) is 0. The summed E-state index contributed by atoms with van der Waals surface area (Å²) in [5.74, 6) is 0. The molecule has 68 valence electrons. The molecule has 0 amide bonds. The van der Waals surface area contributed by atoms with Crippen molar-refractivity contribution in [2.24, 2.45) is 5.16 Å². The predicted octanol–water partition coefficient (Wildman–Crippen LogP) is 3.09. The van der Waals surface area contributed by atoms with E-state index in [0.29, 0.717) is 17.2 Å². The van der Waals surface area contributed by atoms with Crippen LogP contribution in [0, 0.1) is 0 Å². The number of allylic oxidation sites excluding steroid dienone is 1. The highest BCUT2D eigenvalue weighted by Gasteiger charge is 2.01. The van der Waals surface area contributed by atoms with Crippen LogP contribution in [0.2, 0.25) is 5.02 Å². The Bertz CT molecular complexity index is 316. The third-order valence-electron chi connectivity index (χ3n) is 1.64. The van der Waals surface area contributed by atoms with Crippen molar-refractivity contribution < 1.29 is 5.21 Å². The van der Waals surface area contributed by atoms with Crippen LogP contribution in [0.25, 0.3) is 0 Å². The van der Waals surface area contributed by atoms with E-state index in [4.69, 9.17) is 16.8 Å². The number of halogens is 1. The Labute approximate surface area is 82.1 Å². The maximum Gasteiger partial charge on any atom is 0.0905 e. The molecular weight excluding hydrogens is 186 g/mol. The molecular formula is C10H10ClNO. The van der Waals surface area contributed by atoms with E-state index in [1.54, 1.807) is 30.3 Å². The summed E-state index contributed by atoms with van der Waals surface area (Å²) in [6.07, 6.45) is 2.22. The van der Waals surface area contributed by atoms with E-state index in [9.17, 15) is 0 Å². The van der Waals surface area contributed by atoms with Crippen LogP contribution in [0.15, 0.2) is 42.1 Å². The summed E-state index contributed by atoms with van der Waals surface area (Å²) >= 11 is 5.71. The number of nitrogens with zero attached hydrogens (tertiary/aromatic N) is 1. The zero-order chi connectivity index (χ0) is 9.68. The SMILES string of the molecule is C=CC/C(=N\O)c1ccc(Cl)cc1. The first kappa shape index (κ1) is 9.81. The molecule has 2 nitrogen and oxygen atoms in total. The second-order valence-electron chi connectivity index (χ2n) is 2.55. The van der Waals surface area contributed by atoms with Crippen LogP contribution in [-0.4, -0.2) is 10.9 Å². The molecule has 0 saturated heterocycles. The Balaban J connectivity index is 2.92. The quantitative estimate of drug-likeness (QED) is 0.342. The lowest BCUT2D eigenvalue weighted by molar-refractivity contribution is 0.318. The molecule has 0 saturated carbocycles. The molecule has 0 fully saturated rings. The van der Waals surface area contributed by atoms with Crippen molar-refractivity contribution in [1.82, 2.24) is 0 Å². The Kier molecular flexibility index (Phi) is 3.53. The molecule has 3 heteroatoms. The molecule has 0 spiro atoms. The van der Waals surface area contributed by atoms with Crippen LogP contribution in [0.3, 0.4) is 0 Å². The van der Waals surface area contributed by atoms with Crippen molar-refractivity contribution in [2.45, 2.75) is 6.42 Å². The molecule has 1 N–H and O–H groups in total. The first-order chi connectivity index (χ1) is 6.27. The number of oxime groups is 1. The van der Waals surface area contributed by atoms with Gasteiger partial charge in [-0.1, -0.05) is 35.0 Å². The van der Waals surface area contributed by atoms with E-state index in [-0.39, 0.29) is 0 Å². The minimum absolute atomic E-state index is 0.540. The first-order valence-electron chi connectivity index (χ1n) is 3.85. The molecule has 0 radical (unpaired) electrons. The van der Waals surface area contributed by atoms with Gasteiger partial charge in [-0.25, -0.2) is 0 Å². The number of rotatable bonds is 3. The maximum atomic E-state index is 8.69. The molecule has 13 heavy (non-hydrogen) atoms. The zero-order valence-corrected chi connectivity index (χ0v) is 7.83. The molecule has 0 unspecified atom stereocenters. The molecule has 0 heterocycles. The van der Waals surface area contributed by atoms with Gasteiger partial charge < -0.3 is 5.21 Å². The van der Waals surface area contributed by atoms with Gasteiger partial charge in [-0.05, 0) is 17.7 Å². The van der Waals surface area contributed by atoms with Crippen molar-refractivity contribution in [3.63, 3.8) is 0 Å². The molecule has 0 aliphatic carbocycles. The lowest BCUT2D eigenvalue weighted by Crippen LogP contribution is -1.98. The topological polar surface area (TPSA) is 32.6 Å². The van der Waals surface area contributed by atoms with Gasteiger partial charge in [0.15, 0.2) is 0 Å². The van der Waals surface area contributed by atoms with Crippen molar-refractivity contribution in [2.75, 3.05) is 0 Å². The summed E-state index contributed by atoms with van der Waals surface area (Å²) in [6.45, 7) is 3.57. The van der Waals surface area contributed by atoms with Crippen LogP contribution in [0.1, 0.15) is 12.0 Å². The van der Waals surface area contributed by atoms with Crippen LogP contribution < -0.4 is 0 Å². The lowest BCUT2D eigenvalue weighted by atomic mass is 10.1. The molecule has 0 aliphatic rings. The third kappa shape index (κ3) is 2.60. The number of hydrogen-bond acceptors (Lipinski definition) is 2. The van der Waals surface area contributed by atoms with Gasteiger partial charge in [-0.3, -0.25) is 0 Å². The van der Waals surface area contributed by atoms with E-state index >= 15 is 0 Å². The van der Waals surface area contributed by atoms with Gasteiger partial charge in [-0.15, -0.1) is 6.58 Å². The normalized spacial score (nSPS) is 11.3. The molecule has 0 aromatic heterocycles. The predicted molar refractivity (Wildman–Crippen MR) is 54.6 cm³/mol. The molecule has 0 atom stereocenters. The monoisotopic (exact) mass is 195 g/mol. The van der Waals surface area contributed by atoms with Gasteiger partial charge >= 0.3 is 0 Å². The van der Waals surface area contributed by atoms with Crippen LogP contribution >= 0.6 is 11.6 Å². The highest BCUT2D eigenvalue weighted by Crippen LogP contribution is 2.11. The van der Waals surface area contributed by atoms with Gasteiger partial charge in [-0.2, -0.15) is 0 Å². The van der Waals surface area contributed by atoms with Gasteiger partial charge in [0.1, 0.15) is 0 Å². The first-order valence-corrected chi connectivity index (χ1v) is 4.23. The van der Waals surface area contributed by atoms with Crippen molar-refractivity contribution in [1.29, 1.82) is 0 Å². The smallest absolute Gasteiger partial charge is 0.0905 e. The second-order valence-corrected chi connectivity index (χ2v) is 2.98. The molecule has 0 aliphatic heterocycles. The maximum absolute atomic E-state index is 8.69. The standard InChI is InChI=1S/C10H10ClNO/c1-2-3-10(12-13)8-4-6-9(11)7-5-8/h2,4-7,13H,1,3H2/b12-10+. The zero-order valence-electron chi connectivity index (χ0n) is 7.07. The summed E-state index contributed by atoms with van der Waals surface area (Å²) < 4.78 is 0. The van der Waals surface area contributed by atoms with E-state index < -0.39 is 0 Å². The van der Waals surface area contributed by atoms with Crippen LogP contribution in [0.5, 0.6) is 0 Å². The molecule has 1 aromatic rings. The highest BCUT2D eigenvalue weighted by molar-refractivity contribution is 6.30. The van der Waals surface area contributed by atoms with Gasteiger partial charge in [0, 0.05) is 11.4 Å². The van der Waals surface area contributed by atoms with Crippen molar-refractivity contribution in [3.05, 3.63) is 47.5 Å². The lowest BCUT2D eigenvalue weighted by Gasteiger charge is -2.00. The fourth-order valence-electron chi connectivity index (χ4n) is 0.995. The Morgan fingerprint density at radius 2 is 2.08 bits per heavy atom. The van der Waals surface area contributed by atoms with E-state index in [1.165, 1.54) is 0 Å². The summed E-state index contributed by atoms with van der Waals surface area (Å²) in [5, 5.41) is 12.5. The van der Waals surface area contributed by atoms with Gasteiger partial charge in [0.05, 0.1) is 5.71 Å². The van der Waals surface area contributed by atoms with E-state index in [0.717, 1.165) is 5.56 Å². The molecule has 0 bridgehead atoms. The average Bonchev–Trinajstić information content (AvgIpc) is 2.16. The van der Waals surface area contributed by atoms with Crippen molar-refractivity contribution >= 4 is 17.3 Å². The van der Waals surface area contributed by atoms with Crippen LogP contribution in [0.4, 0.5) is 0 Å². The largest absolute Gasteiger partial charge is 0.411 e. The minimum atomic E-state index is 0.540. The number of hydrogen-bond donors (Lipinski definition) is 1. The number of benzene rings is 1. The van der Waals surface area contributed by atoms with Crippen LogP contribution in [-0.2, 0) is 0 Å². The highest BCUT2D eigenvalue weighted by atomic mass is 35.5. The van der Waals surface area contributed by atoms with Gasteiger partial charge in [0.25, 0.3) is 0 Å². The Hall–Kier alpha value is -1.28. The fourth-order valence-corrected chi connectivity index (χ4v) is 1.12. The van der Waals surface area contributed by atoms with E-state index in [1.807, 2.05) is 0 Å². The summed E-state index contributed by atoms with van der Waals surface area (Å²) in [4.78, 5) is 0. The minimum Gasteiger partial charge on any atom is -0.411 e. The molecule has 1 aromatic carbocycles. The fraction of sp³-hybridized carbons (Fsp3) is 0.100. The Morgan fingerprint density at radius 1 is 1.46 bits per heavy atom. The second kappa shape index (κ2) is 4.67. The summed E-state index contributed by atoms with van der Waals surface area (Å²) in [5.41, 5.74) is 1.44. The third-order valence-corrected chi connectivity index (χ3v) is 1.89. The van der Waals surface area contributed by atoms with Gasteiger partial charge in [0.2, 0.25) is 0 Å². The Morgan fingerprint density at radius 3 is 2.54 bits per heavy atom.